The smallest absolute Gasteiger partial charge is 0.306 e. The second-order valence-corrected chi connectivity index (χ2v) is 11.0. The maximum atomic E-state index is 14.3. The SMILES string of the molecule is CCCCC(=O)OCC(=O)N1CCN(Cc2ccc(-c3cc4nccc(Oc5ccc(N)cc5F)c4s3)nc2)CC1. The maximum absolute atomic E-state index is 14.3. The van der Waals surface area contributed by atoms with Crippen molar-refractivity contribution in [2.75, 3.05) is 38.5 Å². The van der Waals surface area contributed by atoms with Crippen LogP contribution in [0.1, 0.15) is 31.7 Å². The molecule has 1 saturated heterocycles. The molecule has 2 N–H and O–H groups in total. The number of pyridine rings is 2. The van der Waals surface area contributed by atoms with Crippen molar-refractivity contribution in [3.8, 4) is 22.1 Å². The lowest BCUT2D eigenvalue weighted by molar-refractivity contribution is -0.152. The monoisotopic (exact) mass is 577 g/mol. The molecule has 1 aliphatic rings. The third kappa shape index (κ3) is 7.17. The van der Waals surface area contributed by atoms with Gasteiger partial charge in [0.2, 0.25) is 0 Å². The van der Waals surface area contributed by atoms with Gasteiger partial charge in [-0.15, -0.1) is 11.3 Å². The van der Waals surface area contributed by atoms with Crippen LogP contribution in [-0.4, -0.2) is 64.4 Å². The van der Waals surface area contributed by atoms with Gasteiger partial charge in [0, 0.05) is 69.4 Å². The highest BCUT2D eigenvalue weighted by molar-refractivity contribution is 7.22. The number of hydrogen-bond acceptors (Lipinski definition) is 9. The molecule has 0 aliphatic carbocycles. The zero-order valence-corrected chi connectivity index (χ0v) is 23.7. The van der Waals surface area contributed by atoms with Crippen molar-refractivity contribution in [2.24, 2.45) is 0 Å². The summed E-state index contributed by atoms with van der Waals surface area (Å²) in [4.78, 5) is 38.2. The summed E-state index contributed by atoms with van der Waals surface area (Å²) in [5.74, 6) is -0.381. The molecule has 0 spiro atoms. The molecule has 3 aromatic heterocycles. The summed E-state index contributed by atoms with van der Waals surface area (Å²) in [6, 6.07) is 12.0. The molecule has 1 fully saturated rings. The van der Waals surface area contributed by atoms with E-state index in [9.17, 15) is 14.0 Å². The number of unbranched alkanes of at least 4 members (excludes halogenated alkanes) is 1. The number of ether oxygens (including phenoxy) is 2. The van der Waals surface area contributed by atoms with Gasteiger partial charge in [-0.3, -0.25) is 24.5 Å². The number of carbonyl (C=O) groups excluding carboxylic acids is 2. The first-order valence-corrected chi connectivity index (χ1v) is 14.4. The Hall–Kier alpha value is -4.09. The van der Waals surface area contributed by atoms with E-state index >= 15 is 0 Å². The van der Waals surface area contributed by atoms with Crippen LogP contribution in [0.4, 0.5) is 10.1 Å². The van der Waals surface area contributed by atoms with Gasteiger partial charge in [-0.05, 0) is 36.2 Å². The first kappa shape index (κ1) is 28.4. The Labute approximate surface area is 241 Å². The number of fused-ring (bicyclic) bond motifs is 1. The zero-order valence-electron chi connectivity index (χ0n) is 22.8. The number of rotatable bonds is 10. The van der Waals surface area contributed by atoms with Crippen molar-refractivity contribution in [2.45, 2.75) is 32.7 Å². The molecule has 9 nitrogen and oxygen atoms in total. The summed E-state index contributed by atoms with van der Waals surface area (Å²) in [7, 11) is 0. The Morgan fingerprint density at radius 1 is 1.05 bits per heavy atom. The summed E-state index contributed by atoms with van der Waals surface area (Å²) >= 11 is 1.48. The molecule has 0 radical (unpaired) electrons. The molecule has 0 unspecified atom stereocenters. The lowest BCUT2D eigenvalue weighted by Crippen LogP contribution is -2.49. The number of hydrogen-bond donors (Lipinski definition) is 1. The van der Waals surface area contributed by atoms with Crippen LogP contribution < -0.4 is 10.5 Å². The van der Waals surface area contributed by atoms with Crippen LogP contribution in [0.2, 0.25) is 0 Å². The standard InChI is InChI=1S/C30H32FN5O4S/c1-2-3-4-29(38)39-19-28(37)36-13-11-35(12-14-36)18-20-5-7-23(34-17-20)27-16-24-30(41-27)26(9-10-33-24)40-25-8-6-21(32)15-22(25)31/h5-10,15-17H,2-4,11-14,18-19,32H2,1H3. The van der Waals surface area contributed by atoms with Gasteiger partial charge in [0.05, 0.1) is 20.8 Å². The molecule has 0 bridgehead atoms. The predicted molar refractivity (Wildman–Crippen MR) is 156 cm³/mol. The fraction of sp³-hybridized carbons (Fsp3) is 0.333. The number of nitrogen functional groups attached to an aromatic ring is 1. The topological polar surface area (TPSA) is 111 Å². The van der Waals surface area contributed by atoms with Gasteiger partial charge in [-0.1, -0.05) is 19.4 Å². The number of anilines is 1. The molecule has 1 aliphatic heterocycles. The second-order valence-electron chi connectivity index (χ2n) is 9.90. The molecule has 4 aromatic rings. The van der Waals surface area contributed by atoms with Crippen molar-refractivity contribution in [1.29, 1.82) is 0 Å². The van der Waals surface area contributed by atoms with E-state index in [0.29, 0.717) is 30.9 Å². The van der Waals surface area contributed by atoms with Gasteiger partial charge in [-0.25, -0.2) is 4.39 Å². The summed E-state index contributed by atoms with van der Waals surface area (Å²) < 4.78 is 26.1. The predicted octanol–water partition coefficient (Wildman–Crippen LogP) is 5.25. The molecule has 214 valence electrons. The number of halogens is 1. The van der Waals surface area contributed by atoms with Gasteiger partial charge in [0.15, 0.2) is 18.2 Å². The minimum atomic E-state index is -0.527. The molecule has 1 aromatic carbocycles. The summed E-state index contributed by atoms with van der Waals surface area (Å²) in [5, 5.41) is 0. The Balaban J connectivity index is 1.16. The molecule has 0 saturated carbocycles. The summed E-state index contributed by atoms with van der Waals surface area (Å²) in [6.45, 7) is 5.19. The van der Waals surface area contributed by atoms with Crippen molar-refractivity contribution >= 4 is 39.1 Å². The lowest BCUT2D eigenvalue weighted by atomic mass is 10.2. The zero-order chi connectivity index (χ0) is 28.8. The van der Waals surface area contributed by atoms with Crippen molar-refractivity contribution < 1.29 is 23.5 Å². The fourth-order valence-corrected chi connectivity index (χ4v) is 5.59. The van der Waals surface area contributed by atoms with E-state index in [4.69, 9.17) is 15.2 Å². The highest BCUT2D eigenvalue weighted by Gasteiger charge is 2.22. The number of piperazine rings is 1. The summed E-state index contributed by atoms with van der Waals surface area (Å²) in [5.41, 5.74) is 8.60. The van der Waals surface area contributed by atoms with E-state index in [1.807, 2.05) is 25.3 Å². The Bertz CT molecular complexity index is 1520. The molecule has 0 atom stereocenters. The molecule has 4 heterocycles. The number of thiophene rings is 1. The van der Waals surface area contributed by atoms with E-state index in [-0.39, 0.29) is 24.2 Å². The van der Waals surface area contributed by atoms with E-state index in [1.54, 1.807) is 23.2 Å². The second kappa shape index (κ2) is 13.0. The fourth-order valence-electron chi connectivity index (χ4n) is 4.54. The number of nitrogens with zero attached hydrogens (tertiary/aromatic N) is 4. The number of aromatic nitrogens is 2. The highest BCUT2D eigenvalue weighted by atomic mass is 32.1. The normalized spacial score (nSPS) is 13.9. The van der Waals surface area contributed by atoms with Crippen LogP contribution >= 0.6 is 11.3 Å². The third-order valence-corrected chi connectivity index (χ3v) is 8.01. The minimum absolute atomic E-state index is 0.0974. The molecule has 41 heavy (non-hydrogen) atoms. The molecular weight excluding hydrogens is 545 g/mol. The highest BCUT2D eigenvalue weighted by Crippen LogP contribution is 2.39. The first-order valence-electron chi connectivity index (χ1n) is 13.6. The minimum Gasteiger partial charge on any atom is -0.456 e. The molecule has 11 heteroatoms. The number of benzene rings is 1. The molecule has 5 rings (SSSR count). The maximum Gasteiger partial charge on any atom is 0.306 e. The first-order chi connectivity index (χ1) is 19.9. The van der Waals surface area contributed by atoms with Crippen LogP contribution in [0.25, 0.3) is 20.8 Å². The third-order valence-electron chi connectivity index (χ3n) is 6.85. The van der Waals surface area contributed by atoms with Crippen LogP contribution in [0, 0.1) is 5.82 Å². The quantitative estimate of drug-likeness (QED) is 0.201. The number of amides is 1. The van der Waals surface area contributed by atoms with Gasteiger partial charge in [-0.2, -0.15) is 0 Å². The average molecular weight is 578 g/mol. The van der Waals surface area contributed by atoms with Crippen molar-refractivity contribution in [3.63, 3.8) is 0 Å². The molecule has 1 amide bonds. The van der Waals surface area contributed by atoms with E-state index in [0.717, 1.165) is 58.8 Å². The number of nitrogens with two attached hydrogens (primary N) is 1. The van der Waals surface area contributed by atoms with Crippen LogP contribution in [-0.2, 0) is 20.9 Å². The van der Waals surface area contributed by atoms with E-state index in [2.05, 4.69) is 20.9 Å². The van der Waals surface area contributed by atoms with E-state index in [1.165, 1.54) is 23.5 Å². The summed E-state index contributed by atoms with van der Waals surface area (Å²) in [6.07, 6.45) is 5.53. The lowest BCUT2D eigenvalue weighted by Gasteiger charge is -2.34. The van der Waals surface area contributed by atoms with E-state index < -0.39 is 5.82 Å². The number of carbonyl (C=O) groups is 2. The average Bonchev–Trinajstić information content (AvgIpc) is 3.42. The number of esters is 1. The Morgan fingerprint density at radius 3 is 2.61 bits per heavy atom. The van der Waals surface area contributed by atoms with Gasteiger partial charge in [0.25, 0.3) is 5.91 Å². The van der Waals surface area contributed by atoms with Crippen molar-refractivity contribution in [3.05, 3.63) is 66.2 Å². The van der Waals surface area contributed by atoms with Crippen LogP contribution in [0.5, 0.6) is 11.5 Å². The van der Waals surface area contributed by atoms with Crippen LogP contribution in [0.15, 0.2) is 54.9 Å². The van der Waals surface area contributed by atoms with Gasteiger partial charge in [0.1, 0.15) is 5.75 Å². The van der Waals surface area contributed by atoms with Gasteiger partial charge >= 0.3 is 5.97 Å². The Morgan fingerprint density at radius 2 is 1.88 bits per heavy atom. The largest absolute Gasteiger partial charge is 0.456 e. The Kier molecular flexibility index (Phi) is 9.05. The van der Waals surface area contributed by atoms with Crippen LogP contribution in [0.3, 0.4) is 0 Å². The van der Waals surface area contributed by atoms with Gasteiger partial charge < -0.3 is 20.1 Å². The van der Waals surface area contributed by atoms with Crippen molar-refractivity contribution in [1.82, 2.24) is 19.8 Å². The molecular formula is C30H32FN5O4S.